The van der Waals surface area contributed by atoms with Crippen molar-refractivity contribution in [3.63, 3.8) is 0 Å². The molecule has 1 amide bonds. The lowest BCUT2D eigenvalue weighted by molar-refractivity contribution is -0.141. The number of halogens is 5. The molecule has 2 aromatic heterocycles. The minimum absolute atomic E-state index is 0. The number of hydrogen-bond acceptors (Lipinski definition) is 8. The Bertz CT molecular complexity index is 1370. The van der Waals surface area contributed by atoms with Crippen molar-refractivity contribution in [2.45, 2.75) is 38.9 Å². The van der Waals surface area contributed by atoms with Crippen LogP contribution >= 0.6 is 23.7 Å². The number of thiazole rings is 1. The molecule has 0 saturated carbocycles. The number of carbonyl (C=O) groups excluding carboxylic acids is 1. The number of rotatable bonds is 5. The van der Waals surface area contributed by atoms with Crippen LogP contribution in [0.4, 0.5) is 28.5 Å². The van der Waals surface area contributed by atoms with E-state index in [1.54, 1.807) is 24.1 Å². The van der Waals surface area contributed by atoms with E-state index in [1.165, 1.54) is 17.0 Å². The lowest BCUT2D eigenvalue weighted by Gasteiger charge is -2.37. The lowest BCUT2D eigenvalue weighted by Crippen LogP contribution is -2.46. The van der Waals surface area contributed by atoms with Crippen LogP contribution in [-0.2, 0) is 10.9 Å². The molecule has 4 heterocycles. The van der Waals surface area contributed by atoms with E-state index in [-0.39, 0.29) is 34.3 Å². The van der Waals surface area contributed by atoms with Gasteiger partial charge in [-0.05, 0) is 62.1 Å². The topological polar surface area (TPSA) is 74.7 Å². The van der Waals surface area contributed by atoms with Crippen LogP contribution in [0.1, 0.15) is 39.3 Å². The highest BCUT2D eigenvalue weighted by Gasteiger charge is 2.42. The van der Waals surface area contributed by atoms with E-state index in [0.29, 0.717) is 57.9 Å². The second-order valence-corrected chi connectivity index (χ2v) is 11.0. The van der Waals surface area contributed by atoms with E-state index in [2.05, 4.69) is 20.1 Å². The number of hydrogen-bond donors (Lipinski definition) is 0. The number of nitrogens with zero attached hydrogens (tertiary/aromatic N) is 6. The number of ether oxygens (including phenoxy) is 1. The summed E-state index contributed by atoms with van der Waals surface area (Å²) in [6.07, 6.45) is -3.60. The quantitative estimate of drug-likeness (QED) is 0.358. The van der Waals surface area contributed by atoms with Crippen molar-refractivity contribution in [3.8, 4) is 11.3 Å². The number of benzene rings is 1. The highest BCUT2D eigenvalue weighted by molar-refractivity contribution is 7.17. The number of alkyl halides is 3. The average Bonchev–Trinajstić information content (AvgIpc) is 3.42. The van der Waals surface area contributed by atoms with Gasteiger partial charge in [0.2, 0.25) is 0 Å². The van der Waals surface area contributed by atoms with Gasteiger partial charge in [-0.25, -0.2) is 9.37 Å². The summed E-state index contributed by atoms with van der Waals surface area (Å²) in [5.41, 5.74) is 2.22. The molecular weight excluding hydrogens is 584 g/mol. The molecule has 0 N–H and O–H groups in total. The number of amides is 1. The summed E-state index contributed by atoms with van der Waals surface area (Å²) in [7, 11) is 1.56. The molecule has 41 heavy (non-hydrogen) atoms. The first-order valence-corrected chi connectivity index (χ1v) is 13.9. The summed E-state index contributed by atoms with van der Waals surface area (Å²) in [6.45, 7) is 6.72. The zero-order valence-electron chi connectivity index (χ0n) is 22.9. The minimum Gasteiger partial charge on any atom is -0.378 e. The fourth-order valence-corrected chi connectivity index (χ4v) is 6.22. The normalized spacial score (nSPS) is 16.5. The van der Waals surface area contributed by atoms with E-state index in [4.69, 9.17) is 4.74 Å². The third-order valence-electron chi connectivity index (χ3n) is 7.61. The van der Waals surface area contributed by atoms with Crippen molar-refractivity contribution in [1.82, 2.24) is 20.1 Å². The number of anilines is 2. The highest BCUT2D eigenvalue weighted by Crippen LogP contribution is 2.39. The van der Waals surface area contributed by atoms with Crippen LogP contribution in [0.25, 0.3) is 11.3 Å². The van der Waals surface area contributed by atoms with Crippen LogP contribution in [0.15, 0.2) is 24.3 Å². The second-order valence-electron chi connectivity index (χ2n) is 10.0. The molecule has 2 saturated heterocycles. The van der Waals surface area contributed by atoms with Crippen LogP contribution in [-0.4, -0.2) is 78.5 Å². The standard InChI is InChI=1S/C27H30F4N6O2S.ClH/c1-16-17(2)24(34-33-21(16)18-4-6-19(28)7-5-18)36-10-8-20(9-11-36)35(3)25(38)22-23(27(29,30)31)32-26(40-22)37-12-14-39-15-13-37;/h4-7,20H,8-15H2,1-3H3;1H. The minimum atomic E-state index is -4.73. The molecule has 0 bridgehead atoms. The molecule has 0 spiro atoms. The zero-order chi connectivity index (χ0) is 28.6. The maximum absolute atomic E-state index is 13.9. The lowest BCUT2D eigenvalue weighted by atomic mass is 10.0. The average molecular weight is 615 g/mol. The predicted octanol–water partition coefficient (Wildman–Crippen LogP) is 5.37. The molecule has 222 valence electrons. The van der Waals surface area contributed by atoms with Crippen molar-refractivity contribution < 1.29 is 27.1 Å². The Hall–Kier alpha value is -3.03. The monoisotopic (exact) mass is 614 g/mol. The molecule has 14 heteroatoms. The summed E-state index contributed by atoms with van der Waals surface area (Å²) in [4.78, 5) is 22.0. The summed E-state index contributed by atoms with van der Waals surface area (Å²) in [5, 5.41) is 9.05. The third kappa shape index (κ3) is 6.41. The maximum Gasteiger partial charge on any atom is 0.435 e. The van der Waals surface area contributed by atoms with Gasteiger partial charge in [0.05, 0.1) is 18.9 Å². The molecular formula is C27H31ClF4N6O2S. The predicted molar refractivity (Wildman–Crippen MR) is 152 cm³/mol. The van der Waals surface area contributed by atoms with Gasteiger partial charge in [-0.2, -0.15) is 13.2 Å². The molecule has 0 atom stereocenters. The fourth-order valence-electron chi connectivity index (χ4n) is 5.10. The van der Waals surface area contributed by atoms with E-state index < -0.39 is 17.8 Å². The second kappa shape index (κ2) is 12.5. The Kier molecular flexibility index (Phi) is 9.39. The van der Waals surface area contributed by atoms with Gasteiger partial charge in [0.15, 0.2) is 16.6 Å². The number of carbonyl (C=O) groups is 1. The summed E-state index contributed by atoms with van der Waals surface area (Å²) < 4.78 is 60.2. The van der Waals surface area contributed by atoms with Crippen LogP contribution in [0.5, 0.6) is 0 Å². The van der Waals surface area contributed by atoms with Crippen LogP contribution in [0, 0.1) is 19.7 Å². The SMILES string of the molecule is Cc1c(-c2ccc(F)cc2)nnc(N2CCC(N(C)C(=O)c3sc(N4CCOCC4)nc3C(F)(F)F)CC2)c1C.Cl. The van der Waals surface area contributed by atoms with E-state index >= 15 is 0 Å². The molecule has 2 aliphatic heterocycles. The number of piperidine rings is 1. The van der Waals surface area contributed by atoms with Gasteiger partial charge in [0, 0.05) is 44.8 Å². The van der Waals surface area contributed by atoms with Gasteiger partial charge in [-0.1, -0.05) is 11.3 Å². The van der Waals surface area contributed by atoms with Crippen molar-refractivity contribution in [3.05, 3.63) is 51.8 Å². The van der Waals surface area contributed by atoms with E-state index in [0.717, 1.165) is 33.8 Å². The van der Waals surface area contributed by atoms with Crippen LogP contribution in [0.3, 0.4) is 0 Å². The first-order valence-electron chi connectivity index (χ1n) is 13.1. The van der Waals surface area contributed by atoms with Gasteiger partial charge in [-0.3, -0.25) is 4.79 Å². The van der Waals surface area contributed by atoms with Crippen molar-refractivity contribution in [2.75, 3.05) is 56.2 Å². The summed E-state index contributed by atoms with van der Waals surface area (Å²) >= 11 is 0.793. The van der Waals surface area contributed by atoms with Gasteiger partial charge >= 0.3 is 6.18 Å². The number of morpholine rings is 1. The van der Waals surface area contributed by atoms with E-state index in [1.807, 2.05) is 13.8 Å². The van der Waals surface area contributed by atoms with Crippen molar-refractivity contribution in [2.24, 2.45) is 0 Å². The summed E-state index contributed by atoms with van der Waals surface area (Å²) in [5.74, 6) is -0.262. The molecule has 2 aliphatic rings. The highest BCUT2D eigenvalue weighted by atomic mass is 35.5. The van der Waals surface area contributed by atoms with Gasteiger partial charge < -0.3 is 19.4 Å². The third-order valence-corrected chi connectivity index (χ3v) is 8.71. The fraction of sp³-hybridized carbons (Fsp3) is 0.481. The zero-order valence-corrected chi connectivity index (χ0v) is 24.5. The Morgan fingerprint density at radius 1 is 1.00 bits per heavy atom. The Labute approximate surface area is 245 Å². The molecule has 8 nitrogen and oxygen atoms in total. The van der Waals surface area contributed by atoms with Crippen LogP contribution < -0.4 is 9.80 Å². The molecule has 2 fully saturated rings. The molecule has 1 aromatic carbocycles. The first kappa shape index (κ1) is 30.9. The molecule has 0 aliphatic carbocycles. The molecule has 0 unspecified atom stereocenters. The maximum atomic E-state index is 13.9. The number of aromatic nitrogens is 3. The molecule has 3 aromatic rings. The molecule has 0 radical (unpaired) electrons. The Morgan fingerprint density at radius 2 is 1.63 bits per heavy atom. The molecule has 5 rings (SSSR count). The van der Waals surface area contributed by atoms with Gasteiger partial charge in [0.25, 0.3) is 5.91 Å². The Balaban J connectivity index is 0.00000387. The van der Waals surface area contributed by atoms with Gasteiger partial charge in [0.1, 0.15) is 10.7 Å². The Morgan fingerprint density at radius 3 is 2.24 bits per heavy atom. The van der Waals surface area contributed by atoms with Crippen molar-refractivity contribution >= 4 is 40.6 Å². The largest absolute Gasteiger partial charge is 0.435 e. The van der Waals surface area contributed by atoms with Gasteiger partial charge in [-0.15, -0.1) is 22.6 Å². The van der Waals surface area contributed by atoms with Crippen molar-refractivity contribution in [1.29, 1.82) is 0 Å². The summed E-state index contributed by atoms with van der Waals surface area (Å²) in [6, 6.07) is 5.87. The first-order chi connectivity index (χ1) is 19.0. The van der Waals surface area contributed by atoms with E-state index in [9.17, 15) is 22.4 Å². The van der Waals surface area contributed by atoms with Crippen LogP contribution in [0.2, 0.25) is 0 Å². The smallest absolute Gasteiger partial charge is 0.378 e.